The maximum Gasteiger partial charge on any atom is 0.215 e. The first kappa shape index (κ1) is 20.2. The second-order valence-corrected chi connectivity index (χ2v) is 10.7. The van der Waals surface area contributed by atoms with E-state index in [-0.39, 0.29) is 5.75 Å². The van der Waals surface area contributed by atoms with Gasteiger partial charge in [-0.1, -0.05) is 0 Å². The van der Waals surface area contributed by atoms with E-state index < -0.39 is 10.0 Å². The number of nitrogens with one attached hydrogen (secondary N) is 1. The molecule has 0 aromatic heterocycles. The van der Waals surface area contributed by atoms with E-state index in [1.807, 2.05) is 11.8 Å². The molecular formula is C17H33N5O2S2. The van der Waals surface area contributed by atoms with Gasteiger partial charge < -0.3 is 15.1 Å². The number of guanidine groups is 1. The molecule has 0 aromatic rings. The van der Waals surface area contributed by atoms with Gasteiger partial charge in [-0.2, -0.15) is 11.8 Å². The van der Waals surface area contributed by atoms with Crippen LogP contribution in [0.3, 0.4) is 0 Å². The Balaban J connectivity index is 1.41. The minimum atomic E-state index is -3.16. The van der Waals surface area contributed by atoms with Gasteiger partial charge >= 0.3 is 0 Å². The summed E-state index contributed by atoms with van der Waals surface area (Å²) in [5, 5.41) is 3.27. The van der Waals surface area contributed by atoms with Crippen molar-refractivity contribution < 1.29 is 8.42 Å². The Kier molecular flexibility index (Phi) is 7.48. The van der Waals surface area contributed by atoms with Gasteiger partial charge in [-0.25, -0.2) is 12.7 Å². The van der Waals surface area contributed by atoms with Gasteiger partial charge in [0.2, 0.25) is 10.0 Å². The summed E-state index contributed by atoms with van der Waals surface area (Å²) >= 11 is 1.82. The highest BCUT2D eigenvalue weighted by atomic mass is 32.2. The third-order valence-electron chi connectivity index (χ3n) is 5.52. The summed E-state index contributed by atoms with van der Waals surface area (Å²) in [7, 11) is -1.38. The van der Waals surface area contributed by atoms with Crippen LogP contribution in [0.5, 0.6) is 0 Å². The minimum absolute atomic E-state index is 0.141. The molecule has 3 heterocycles. The summed E-state index contributed by atoms with van der Waals surface area (Å²) in [5.74, 6) is 3.49. The van der Waals surface area contributed by atoms with Crippen molar-refractivity contribution in [3.63, 3.8) is 0 Å². The van der Waals surface area contributed by atoms with E-state index in [0.29, 0.717) is 25.6 Å². The van der Waals surface area contributed by atoms with Crippen LogP contribution in [0.1, 0.15) is 19.3 Å². The number of hydrogen-bond acceptors (Lipinski definition) is 5. The van der Waals surface area contributed by atoms with Gasteiger partial charge in [-0.15, -0.1) is 0 Å². The molecule has 0 aromatic carbocycles. The molecule has 9 heteroatoms. The third kappa shape index (κ3) is 5.50. The Hall–Kier alpha value is -0.510. The summed E-state index contributed by atoms with van der Waals surface area (Å²) in [6.07, 6.45) is 3.87. The predicted molar refractivity (Wildman–Crippen MR) is 109 cm³/mol. The molecule has 1 atom stereocenters. The van der Waals surface area contributed by atoms with Crippen molar-refractivity contribution in [3.05, 3.63) is 0 Å². The van der Waals surface area contributed by atoms with Crippen molar-refractivity contribution >= 4 is 27.7 Å². The molecule has 0 aliphatic carbocycles. The van der Waals surface area contributed by atoms with Crippen molar-refractivity contribution in [1.29, 1.82) is 0 Å². The number of nitrogens with zero attached hydrogens (tertiary/aromatic N) is 4. The SMILES string of the molecule is CN=C(NCCS(=O)(=O)N1CCSCC1)N1CCC(CN2CCCC2)C1. The third-order valence-corrected chi connectivity index (χ3v) is 8.33. The summed E-state index contributed by atoms with van der Waals surface area (Å²) in [6, 6.07) is 0. The second kappa shape index (κ2) is 9.61. The molecule has 0 saturated carbocycles. The lowest BCUT2D eigenvalue weighted by molar-refractivity contribution is 0.281. The van der Waals surface area contributed by atoms with Crippen molar-refractivity contribution in [3.8, 4) is 0 Å². The number of sulfonamides is 1. The van der Waals surface area contributed by atoms with Crippen LogP contribution < -0.4 is 5.32 Å². The largest absolute Gasteiger partial charge is 0.355 e. The van der Waals surface area contributed by atoms with Crippen molar-refractivity contribution in [2.75, 3.05) is 76.7 Å². The van der Waals surface area contributed by atoms with E-state index in [1.165, 1.54) is 38.9 Å². The molecule has 0 amide bonds. The van der Waals surface area contributed by atoms with E-state index in [4.69, 9.17) is 0 Å². The van der Waals surface area contributed by atoms with Gasteiger partial charge in [0.15, 0.2) is 5.96 Å². The smallest absolute Gasteiger partial charge is 0.215 e. The number of thioether (sulfide) groups is 1. The monoisotopic (exact) mass is 403 g/mol. The highest BCUT2D eigenvalue weighted by Crippen LogP contribution is 2.20. The van der Waals surface area contributed by atoms with Gasteiger partial charge in [0.25, 0.3) is 0 Å². The van der Waals surface area contributed by atoms with E-state index in [0.717, 1.165) is 30.6 Å². The Labute approximate surface area is 162 Å². The molecule has 1 unspecified atom stereocenters. The van der Waals surface area contributed by atoms with Crippen LogP contribution in [0.4, 0.5) is 0 Å². The molecule has 150 valence electrons. The van der Waals surface area contributed by atoms with Crippen molar-refractivity contribution in [2.24, 2.45) is 10.9 Å². The quantitative estimate of drug-likeness (QED) is 0.510. The van der Waals surface area contributed by atoms with Crippen LogP contribution in [-0.4, -0.2) is 105 Å². The number of hydrogen-bond donors (Lipinski definition) is 1. The van der Waals surface area contributed by atoms with Crippen LogP contribution >= 0.6 is 11.8 Å². The molecule has 3 aliphatic heterocycles. The fourth-order valence-electron chi connectivity index (χ4n) is 4.08. The van der Waals surface area contributed by atoms with Crippen LogP contribution in [-0.2, 0) is 10.0 Å². The second-order valence-electron chi connectivity index (χ2n) is 7.41. The lowest BCUT2D eigenvalue weighted by Gasteiger charge is -2.26. The Morgan fingerprint density at radius 3 is 2.58 bits per heavy atom. The number of likely N-dealkylation sites (tertiary alicyclic amines) is 2. The van der Waals surface area contributed by atoms with Gasteiger partial charge in [0.05, 0.1) is 5.75 Å². The normalized spacial score (nSPS) is 26.6. The topological polar surface area (TPSA) is 68.2 Å². The molecule has 3 fully saturated rings. The van der Waals surface area contributed by atoms with E-state index in [9.17, 15) is 8.42 Å². The van der Waals surface area contributed by atoms with Gasteiger partial charge in [-0.3, -0.25) is 4.99 Å². The fraction of sp³-hybridized carbons (Fsp3) is 0.941. The van der Waals surface area contributed by atoms with Crippen molar-refractivity contribution in [2.45, 2.75) is 19.3 Å². The molecule has 0 bridgehead atoms. The summed E-state index contributed by atoms with van der Waals surface area (Å²) in [5.41, 5.74) is 0. The van der Waals surface area contributed by atoms with Gasteiger partial charge in [0.1, 0.15) is 0 Å². The average molecular weight is 404 g/mol. The average Bonchev–Trinajstić information content (AvgIpc) is 3.32. The maximum absolute atomic E-state index is 12.4. The molecular weight excluding hydrogens is 370 g/mol. The van der Waals surface area contributed by atoms with E-state index >= 15 is 0 Å². The molecule has 7 nitrogen and oxygen atoms in total. The lowest BCUT2D eigenvalue weighted by atomic mass is 10.1. The lowest BCUT2D eigenvalue weighted by Crippen LogP contribution is -2.45. The minimum Gasteiger partial charge on any atom is -0.355 e. The van der Waals surface area contributed by atoms with Crippen LogP contribution in [0.2, 0.25) is 0 Å². The molecule has 3 rings (SSSR count). The van der Waals surface area contributed by atoms with Gasteiger partial charge in [0, 0.05) is 57.8 Å². The van der Waals surface area contributed by atoms with Crippen molar-refractivity contribution in [1.82, 2.24) is 19.4 Å². The fourth-order valence-corrected chi connectivity index (χ4v) is 6.57. The highest BCUT2D eigenvalue weighted by Gasteiger charge is 2.28. The molecule has 3 aliphatic rings. The first-order valence-corrected chi connectivity index (χ1v) is 12.6. The molecule has 0 radical (unpaired) electrons. The molecule has 0 spiro atoms. The Morgan fingerprint density at radius 1 is 1.15 bits per heavy atom. The molecule has 1 N–H and O–H groups in total. The maximum atomic E-state index is 12.4. The molecule has 3 saturated heterocycles. The van der Waals surface area contributed by atoms with Crippen LogP contribution in [0.15, 0.2) is 4.99 Å². The zero-order valence-corrected chi connectivity index (χ0v) is 17.5. The first-order chi connectivity index (χ1) is 12.6. The summed E-state index contributed by atoms with van der Waals surface area (Å²) < 4.78 is 26.5. The first-order valence-electron chi connectivity index (χ1n) is 9.82. The molecule has 26 heavy (non-hydrogen) atoms. The number of rotatable bonds is 6. The van der Waals surface area contributed by atoms with E-state index in [2.05, 4.69) is 20.1 Å². The van der Waals surface area contributed by atoms with Crippen LogP contribution in [0.25, 0.3) is 0 Å². The Morgan fingerprint density at radius 2 is 1.88 bits per heavy atom. The number of aliphatic imine (C=N–C) groups is 1. The zero-order chi connectivity index (χ0) is 18.4. The standard InChI is InChI=1S/C17H33N5O2S2/c1-18-17(19-5-13-26(23,24)22-9-11-25-12-10-22)21-8-4-16(15-21)14-20-6-2-3-7-20/h16H,2-15H2,1H3,(H,18,19). The van der Waals surface area contributed by atoms with E-state index in [1.54, 1.807) is 11.4 Å². The Bertz CT molecular complexity index is 572. The van der Waals surface area contributed by atoms with Crippen LogP contribution in [0, 0.1) is 5.92 Å². The summed E-state index contributed by atoms with van der Waals surface area (Å²) in [6.45, 7) is 7.42. The highest BCUT2D eigenvalue weighted by molar-refractivity contribution is 7.99. The van der Waals surface area contributed by atoms with Gasteiger partial charge in [-0.05, 0) is 38.3 Å². The zero-order valence-electron chi connectivity index (χ0n) is 15.9. The predicted octanol–water partition coefficient (Wildman–Crippen LogP) is 0.358. The summed E-state index contributed by atoms with van der Waals surface area (Å²) in [4.78, 5) is 9.23.